The number of nitrogens with one attached hydrogen (secondary N) is 1. The standard InChI is InChI=1S/C15H21NO4/c1-11(2)20-9-8-14(17)16-13-5-3-4-12(10-13)6-7-15(18)19/h3-5,10-11H,6-9H2,1-2H3,(H,16,17)(H,18,19). The van der Waals surface area contributed by atoms with Crippen LogP contribution < -0.4 is 5.32 Å². The summed E-state index contributed by atoms with van der Waals surface area (Å²) in [6, 6.07) is 7.23. The van der Waals surface area contributed by atoms with E-state index in [-0.39, 0.29) is 18.4 Å². The maximum atomic E-state index is 11.7. The van der Waals surface area contributed by atoms with Gasteiger partial charge in [-0.2, -0.15) is 0 Å². The van der Waals surface area contributed by atoms with Gasteiger partial charge in [-0.25, -0.2) is 0 Å². The summed E-state index contributed by atoms with van der Waals surface area (Å²) in [5.74, 6) is -0.939. The number of carbonyl (C=O) groups is 2. The average Bonchev–Trinajstić information content (AvgIpc) is 2.36. The normalized spacial score (nSPS) is 10.6. The zero-order valence-corrected chi connectivity index (χ0v) is 11.9. The summed E-state index contributed by atoms with van der Waals surface area (Å²) >= 11 is 0. The van der Waals surface area contributed by atoms with E-state index in [4.69, 9.17) is 9.84 Å². The Bertz CT molecular complexity index is 457. The van der Waals surface area contributed by atoms with Gasteiger partial charge in [-0.3, -0.25) is 9.59 Å². The Morgan fingerprint density at radius 1 is 1.30 bits per heavy atom. The Hall–Kier alpha value is -1.88. The van der Waals surface area contributed by atoms with Gasteiger partial charge >= 0.3 is 5.97 Å². The molecule has 0 radical (unpaired) electrons. The van der Waals surface area contributed by atoms with Gasteiger partial charge in [0.1, 0.15) is 0 Å². The molecule has 5 nitrogen and oxygen atoms in total. The number of hydrogen-bond donors (Lipinski definition) is 2. The van der Waals surface area contributed by atoms with E-state index in [1.807, 2.05) is 19.9 Å². The van der Waals surface area contributed by atoms with Crippen LogP contribution in [-0.4, -0.2) is 29.7 Å². The molecule has 0 fully saturated rings. The molecule has 1 rings (SSSR count). The predicted molar refractivity (Wildman–Crippen MR) is 76.7 cm³/mol. The second kappa shape index (κ2) is 8.32. The molecule has 1 amide bonds. The zero-order chi connectivity index (χ0) is 15.0. The fraction of sp³-hybridized carbons (Fsp3) is 0.467. The van der Waals surface area contributed by atoms with Crippen molar-refractivity contribution in [2.75, 3.05) is 11.9 Å². The van der Waals surface area contributed by atoms with Crippen molar-refractivity contribution >= 4 is 17.6 Å². The van der Waals surface area contributed by atoms with E-state index in [1.165, 1.54) is 0 Å². The highest BCUT2D eigenvalue weighted by molar-refractivity contribution is 5.90. The molecular formula is C15H21NO4. The molecule has 110 valence electrons. The van der Waals surface area contributed by atoms with Crippen LogP contribution in [0.15, 0.2) is 24.3 Å². The number of amides is 1. The number of hydrogen-bond acceptors (Lipinski definition) is 3. The third-order valence-corrected chi connectivity index (χ3v) is 2.62. The van der Waals surface area contributed by atoms with E-state index in [1.54, 1.807) is 18.2 Å². The number of ether oxygens (including phenoxy) is 1. The molecule has 5 heteroatoms. The van der Waals surface area contributed by atoms with Crippen molar-refractivity contribution in [3.05, 3.63) is 29.8 Å². The van der Waals surface area contributed by atoms with Crippen LogP contribution >= 0.6 is 0 Å². The molecule has 2 N–H and O–H groups in total. The zero-order valence-electron chi connectivity index (χ0n) is 11.9. The van der Waals surface area contributed by atoms with Gasteiger partial charge in [0.25, 0.3) is 0 Å². The highest BCUT2D eigenvalue weighted by Crippen LogP contribution is 2.12. The maximum absolute atomic E-state index is 11.7. The van der Waals surface area contributed by atoms with Gasteiger partial charge in [-0.05, 0) is 38.0 Å². The summed E-state index contributed by atoms with van der Waals surface area (Å²) in [6.45, 7) is 4.23. The first-order valence-corrected chi connectivity index (χ1v) is 6.69. The van der Waals surface area contributed by atoms with Crippen LogP contribution in [0.25, 0.3) is 0 Å². The van der Waals surface area contributed by atoms with Crippen LogP contribution in [0.1, 0.15) is 32.3 Å². The van der Waals surface area contributed by atoms with Crippen LogP contribution in [0.4, 0.5) is 5.69 Å². The number of carboxylic acids is 1. The van der Waals surface area contributed by atoms with E-state index in [9.17, 15) is 9.59 Å². The van der Waals surface area contributed by atoms with Gasteiger partial charge in [0.15, 0.2) is 0 Å². The Labute approximate surface area is 118 Å². The summed E-state index contributed by atoms with van der Waals surface area (Å²) in [5.41, 5.74) is 1.58. The Kier molecular flexibility index (Phi) is 6.73. The lowest BCUT2D eigenvalue weighted by molar-refractivity contribution is -0.137. The highest BCUT2D eigenvalue weighted by Gasteiger charge is 2.05. The lowest BCUT2D eigenvalue weighted by Gasteiger charge is -2.09. The number of aryl methyl sites for hydroxylation is 1. The Morgan fingerprint density at radius 3 is 2.70 bits per heavy atom. The molecule has 0 bridgehead atoms. The topological polar surface area (TPSA) is 75.6 Å². The molecule has 1 aromatic carbocycles. The summed E-state index contributed by atoms with van der Waals surface area (Å²) in [4.78, 5) is 22.2. The molecule has 0 aliphatic rings. The molecule has 0 saturated heterocycles. The maximum Gasteiger partial charge on any atom is 0.303 e. The van der Waals surface area contributed by atoms with E-state index >= 15 is 0 Å². The minimum absolute atomic E-state index is 0.0830. The average molecular weight is 279 g/mol. The number of carboxylic acid groups (broad SMARTS) is 1. The van der Waals surface area contributed by atoms with Crippen LogP contribution in [0.3, 0.4) is 0 Å². The lowest BCUT2D eigenvalue weighted by Crippen LogP contribution is -2.15. The molecule has 0 saturated carbocycles. The van der Waals surface area contributed by atoms with Crippen molar-refractivity contribution in [3.8, 4) is 0 Å². The SMILES string of the molecule is CC(C)OCCC(=O)Nc1cccc(CCC(=O)O)c1. The molecule has 0 aromatic heterocycles. The number of carbonyl (C=O) groups excluding carboxylic acids is 1. The molecule has 20 heavy (non-hydrogen) atoms. The van der Waals surface area contributed by atoms with E-state index in [2.05, 4.69) is 5.32 Å². The summed E-state index contributed by atoms with van der Waals surface area (Å²) in [5, 5.41) is 11.4. The third kappa shape index (κ3) is 6.89. The van der Waals surface area contributed by atoms with Crippen LogP contribution in [0.2, 0.25) is 0 Å². The van der Waals surface area contributed by atoms with Gasteiger partial charge in [0.2, 0.25) is 5.91 Å². The van der Waals surface area contributed by atoms with Gasteiger partial charge in [0.05, 0.1) is 19.1 Å². The minimum Gasteiger partial charge on any atom is -0.481 e. The van der Waals surface area contributed by atoms with Gasteiger partial charge < -0.3 is 15.2 Å². The molecule has 0 heterocycles. The first-order valence-electron chi connectivity index (χ1n) is 6.69. The fourth-order valence-electron chi connectivity index (χ4n) is 1.67. The molecule has 0 unspecified atom stereocenters. The van der Waals surface area contributed by atoms with Crippen molar-refractivity contribution in [2.24, 2.45) is 0 Å². The van der Waals surface area contributed by atoms with Gasteiger partial charge in [0, 0.05) is 12.1 Å². The second-order valence-electron chi connectivity index (χ2n) is 4.81. The summed E-state index contributed by atoms with van der Waals surface area (Å²) in [7, 11) is 0. The van der Waals surface area contributed by atoms with Crippen LogP contribution in [0.5, 0.6) is 0 Å². The fourth-order valence-corrected chi connectivity index (χ4v) is 1.67. The minimum atomic E-state index is -0.828. The van der Waals surface area contributed by atoms with E-state index < -0.39 is 5.97 Å². The monoisotopic (exact) mass is 279 g/mol. The van der Waals surface area contributed by atoms with Crippen LogP contribution in [0, 0.1) is 0 Å². The quantitative estimate of drug-likeness (QED) is 0.766. The van der Waals surface area contributed by atoms with Crippen LogP contribution in [-0.2, 0) is 20.7 Å². The van der Waals surface area contributed by atoms with E-state index in [0.717, 1.165) is 5.56 Å². The first-order chi connectivity index (χ1) is 9.47. The van der Waals surface area contributed by atoms with Crippen molar-refractivity contribution < 1.29 is 19.4 Å². The first kappa shape index (κ1) is 16.2. The number of aliphatic carboxylic acids is 1. The molecular weight excluding hydrogens is 258 g/mol. The van der Waals surface area contributed by atoms with Crippen molar-refractivity contribution in [1.82, 2.24) is 0 Å². The van der Waals surface area contributed by atoms with Crippen molar-refractivity contribution in [3.63, 3.8) is 0 Å². The molecule has 0 atom stereocenters. The number of rotatable bonds is 8. The smallest absolute Gasteiger partial charge is 0.303 e. The molecule has 0 aliphatic heterocycles. The highest BCUT2D eigenvalue weighted by atomic mass is 16.5. The van der Waals surface area contributed by atoms with Gasteiger partial charge in [-0.15, -0.1) is 0 Å². The van der Waals surface area contributed by atoms with Gasteiger partial charge in [-0.1, -0.05) is 12.1 Å². The molecule has 1 aromatic rings. The number of benzene rings is 1. The van der Waals surface area contributed by atoms with Crippen molar-refractivity contribution in [2.45, 2.75) is 39.2 Å². The molecule has 0 aliphatic carbocycles. The summed E-state index contributed by atoms with van der Waals surface area (Å²) in [6.07, 6.45) is 0.953. The third-order valence-electron chi connectivity index (χ3n) is 2.62. The second-order valence-corrected chi connectivity index (χ2v) is 4.81. The summed E-state index contributed by atoms with van der Waals surface area (Å²) < 4.78 is 5.31. The Morgan fingerprint density at radius 2 is 2.05 bits per heavy atom. The lowest BCUT2D eigenvalue weighted by atomic mass is 10.1. The number of anilines is 1. The molecule has 0 spiro atoms. The predicted octanol–water partition coefficient (Wildman–Crippen LogP) is 2.46. The van der Waals surface area contributed by atoms with E-state index in [0.29, 0.717) is 25.1 Å². The van der Waals surface area contributed by atoms with Crippen molar-refractivity contribution in [1.29, 1.82) is 0 Å². The largest absolute Gasteiger partial charge is 0.481 e. The Balaban J connectivity index is 2.44.